The molecular weight excluding hydrogens is 176 g/mol. The summed E-state index contributed by atoms with van der Waals surface area (Å²) in [5, 5.41) is 0. The van der Waals surface area contributed by atoms with Crippen LogP contribution in [-0.2, 0) is 0 Å². The average molecular weight is 192 g/mol. The largest absolute Gasteiger partial charge is 0.385 e. The fraction of sp³-hybridized carbons (Fsp3) is 0.545. The van der Waals surface area contributed by atoms with Crippen molar-refractivity contribution < 1.29 is 0 Å². The van der Waals surface area contributed by atoms with Gasteiger partial charge in [-0.1, -0.05) is 19.3 Å². The van der Waals surface area contributed by atoms with Crippen LogP contribution in [-0.4, -0.2) is 4.98 Å². The Labute approximate surface area is 83.3 Å². The minimum Gasteiger partial charge on any atom is -0.385 e. The maximum absolute atomic E-state index is 11.2. The maximum atomic E-state index is 11.2. The van der Waals surface area contributed by atoms with E-state index in [2.05, 4.69) is 4.98 Å². The number of H-pyrrole nitrogens is 1. The number of aromatic amines is 1. The molecule has 0 radical (unpaired) electrons. The summed E-state index contributed by atoms with van der Waals surface area (Å²) in [6.45, 7) is 0. The summed E-state index contributed by atoms with van der Waals surface area (Å²) < 4.78 is 0. The van der Waals surface area contributed by atoms with E-state index < -0.39 is 0 Å². The van der Waals surface area contributed by atoms with Crippen molar-refractivity contribution in [1.82, 2.24) is 4.98 Å². The lowest BCUT2D eigenvalue weighted by Crippen LogP contribution is -2.12. The van der Waals surface area contributed by atoms with Crippen molar-refractivity contribution >= 4 is 5.82 Å². The van der Waals surface area contributed by atoms with Crippen LogP contribution in [0.1, 0.15) is 43.6 Å². The second-order valence-electron chi connectivity index (χ2n) is 4.07. The summed E-state index contributed by atoms with van der Waals surface area (Å²) in [6.07, 6.45) is 6.27. The van der Waals surface area contributed by atoms with Crippen LogP contribution in [0.5, 0.6) is 0 Å². The lowest BCUT2D eigenvalue weighted by molar-refractivity contribution is 0.443. The van der Waals surface area contributed by atoms with Gasteiger partial charge >= 0.3 is 0 Å². The predicted molar refractivity (Wildman–Crippen MR) is 57.3 cm³/mol. The Morgan fingerprint density at radius 1 is 1.21 bits per heavy atom. The molecule has 0 aromatic carbocycles. The number of hydrogen-bond acceptors (Lipinski definition) is 2. The molecule has 3 N–H and O–H groups in total. The summed E-state index contributed by atoms with van der Waals surface area (Å²) in [7, 11) is 0. The van der Waals surface area contributed by atoms with Gasteiger partial charge in [-0.15, -0.1) is 0 Å². The van der Waals surface area contributed by atoms with E-state index in [1.165, 1.54) is 32.1 Å². The molecule has 3 nitrogen and oxygen atoms in total. The zero-order valence-corrected chi connectivity index (χ0v) is 8.25. The normalized spacial score (nSPS) is 18.3. The van der Waals surface area contributed by atoms with Gasteiger partial charge in [0.15, 0.2) is 0 Å². The number of nitrogens with one attached hydrogen (secondary N) is 1. The quantitative estimate of drug-likeness (QED) is 0.715. The highest BCUT2D eigenvalue weighted by Gasteiger charge is 2.15. The molecule has 0 amide bonds. The number of aromatic nitrogens is 1. The van der Waals surface area contributed by atoms with Crippen LogP contribution >= 0.6 is 0 Å². The Morgan fingerprint density at radius 2 is 1.93 bits per heavy atom. The maximum Gasteiger partial charge on any atom is 0.249 e. The molecule has 0 saturated heterocycles. The van der Waals surface area contributed by atoms with Crippen LogP contribution in [0.25, 0.3) is 0 Å². The SMILES string of the molecule is Nc1cc(C2CCCCC2)cc(=O)[nH]1. The molecule has 2 rings (SSSR count). The molecule has 1 saturated carbocycles. The number of pyridine rings is 1. The standard InChI is InChI=1S/C11H16N2O/c12-10-6-9(7-11(14)13-10)8-4-2-1-3-5-8/h6-8H,1-5H2,(H3,12,13,14). The van der Waals surface area contributed by atoms with Gasteiger partial charge in [-0.05, 0) is 30.4 Å². The van der Waals surface area contributed by atoms with Crippen molar-refractivity contribution in [2.45, 2.75) is 38.0 Å². The molecule has 1 aromatic heterocycles. The Hall–Kier alpha value is -1.25. The van der Waals surface area contributed by atoms with Gasteiger partial charge in [-0.3, -0.25) is 4.79 Å². The van der Waals surface area contributed by atoms with Crippen molar-refractivity contribution in [1.29, 1.82) is 0 Å². The molecular formula is C11H16N2O. The number of anilines is 1. The molecule has 1 aromatic rings. The second kappa shape index (κ2) is 3.86. The highest BCUT2D eigenvalue weighted by molar-refractivity contribution is 5.33. The Bertz CT molecular complexity index is 364. The third kappa shape index (κ3) is 1.97. The van der Waals surface area contributed by atoms with Gasteiger partial charge in [-0.2, -0.15) is 0 Å². The zero-order chi connectivity index (χ0) is 9.97. The summed E-state index contributed by atoms with van der Waals surface area (Å²) in [4.78, 5) is 13.8. The van der Waals surface area contributed by atoms with Gasteiger partial charge in [0.05, 0.1) is 0 Å². The Balaban J connectivity index is 2.26. The molecule has 14 heavy (non-hydrogen) atoms. The van der Waals surface area contributed by atoms with Crippen molar-refractivity contribution in [2.24, 2.45) is 0 Å². The van der Waals surface area contributed by atoms with Crippen LogP contribution in [0, 0.1) is 0 Å². The Kier molecular flexibility index (Phi) is 2.57. The van der Waals surface area contributed by atoms with Crippen molar-refractivity contribution in [3.8, 4) is 0 Å². The lowest BCUT2D eigenvalue weighted by atomic mass is 9.84. The van der Waals surface area contributed by atoms with Crippen molar-refractivity contribution in [3.63, 3.8) is 0 Å². The molecule has 76 valence electrons. The van der Waals surface area contributed by atoms with E-state index in [9.17, 15) is 4.79 Å². The van der Waals surface area contributed by atoms with Gasteiger partial charge < -0.3 is 10.7 Å². The molecule has 0 atom stereocenters. The Morgan fingerprint density at radius 3 is 2.57 bits per heavy atom. The molecule has 1 aliphatic carbocycles. The third-order valence-corrected chi connectivity index (χ3v) is 2.96. The van der Waals surface area contributed by atoms with E-state index in [0.29, 0.717) is 11.7 Å². The van der Waals surface area contributed by atoms with Gasteiger partial charge in [-0.25, -0.2) is 0 Å². The van der Waals surface area contributed by atoms with E-state index in [-0.39, 0.29) is 5.56 Å². The fourth-order valence-corrected chi connectivity index (χ4v) is 2.26. The smallest absolute Gasteiger partial charge is 0.249 e. The molecule has 1 fully saturated rings. The van der Waals surface area contributed by atoms with Gasteiger partial charge in [0.2, 0.25) is 5.56 Å². The van der Waals surface area contributed by atoms with Gasteiger partial charge in [0.1, 0.15) is 5.82 Å². The molecule has 0 unspecified atom stereocenters. The summed E-state index contributed by atoms with van der Waals surface area (Å²) in [5.41, 5.74) is 6.65. The van der Waals surface area contributed by atoms with Crippen LogP contribution in [0.3, 0.4) is 0 Å². The van der Waals surface area contributed by atoms with Crippen LogP contribution in [0.4, 0.5) is 5.82 Å². The second-order valence-corrected chi connectivity index (χ2v) is 4.07. The highest BCUT2D eigenvalue weighted by atomic mass is 16.1. The first-order valence-electron chi connectivity index (χ1n) is 5.25. The van der Waals surface area contributed by atoms with Crippen LogP contribution in [0.15, 0.2) is 16.9 Å². The monoisotopic (exact) mass is 192 g/mol. The zero-order valence-electron chi connectivity index (χ0n) is 8.25. The molecule has 0 spiro atoms. The van der Waals surface area contributed by atoms with E-state index in [1.54, 1.807) is 6.07 Å². The minimum atomic E-state index is -0.0782. The van der Waals surface area contributed by atoms with Crippen molar-refractivity contribution in [2.75, 3.05) is 5.73 Å². The van der Waals surface area contributed by atoms with Crippen LogP contribution in [0.2, 0.25) is 0 Å². The first kappa shape index (κ1) is 9.31. The molecule has 1 aliphatic rings. The predicted octanol–water partition coefficient (Wildman–Crippen LogP) is 2.00. The first-order chi connectivity index (χ1) is 6.75. The number of nitrogens with two attached hydrogens (primary N) is 1. The van der Waals surface area contributed by atoms with E-state index >= 15 is 0 Å². The third-order valence-electron chi connectivity index (χ3n) is 2.96. The molecule has 0 bridgehead atoms. The van der Waals surface area contributed by atoms with Gasteiger partial charge in [0, 0.05) is 6.07 Å². The summed E-state index contributed by atoms with van der Waals surface area (Å²) >= 11 is 0. The minimum absolute atomic E-state index is 0.0782. The molecule has 1 heterocycles. The average Bonchev–Trinajstić information content (AvgIpc) is 2.18. The number of hydrogen-bond donors (Lipinski definition) is 2. The molecule has 0 aliphatic heterocycles. The van der Waals surface area contributed by atoms with E-state index in [0.717, 1.165) is 5.56 Å². The molecule has 3 heteroatoms. The summed E-state index contributed by atoms with van der Waals surface area (Å²) in [5.74, 6) is 1.03. The first-order valence-corrected chi connectivity index (χ1v) is 5.25. The number of rotatable bonds is 1. The highest BCUT2D eigenvalue weighted by Crippen LogP contribution is 2.32. The van der Waals surface area contributed by atoms with Crippen LogP contribution < -0.4 is 11.3 Å². The number of nitrogen functional groups attached to an aromatic ring is 1. The topological polar surface area (TPSA) is 58.9 Å². The van der Waals surface area contributed by atoms with Gasteiger partial charge in [0.25, 0.3) is 0 Å². The van der Waals surface area contributed by atoms with E-state index in [1.807, 2.05) is 6.07 Å². The lowest BCUT2D eigenvalue weighted by Gasteiger charge is -2.21. The van der Waals surface area contributed by atoms with E-state index in [4.69, 9.17) is 5.73 Å². The summed E-state index contributed by atoms with van der Waals surface area (Å²) in [6, 6.07) is 3.59. The fourth-order valence-electron chi connectivity index (χ4n) is 2.26. The van der Waals surface area contributed by atoms with Crippen molar-refractivity contribution in [3.05, 3.63) is 28.0 Å².